The third kappa shape index (κ3) is 9.81. The van der Waals surface area contributed by atoms with Gasteiger partial charge in [-0.25, -0.2) is 0 Å². The summed E-state index contributed by atoms with van der Waals surface area (Å²) >= 11 is 0. The van der Waals surface area contributed by atoms with Crippen LogP contribution < -0.4 is 11.1 Å². The van der Waals surface area contributed by atoms with Crippen LogP contribution >= 0.6 is 0 Å². The summed E-state index contributed by atoms with van der Waals surface area (Å²) in [7, 11) is 0. The second-order valence-corrected chi connectivity index (χ2v) is 4.24. The van der Waals surface area contributed by atoms with Gasteiger partial charge in [0.2, 0.25) is 5.91 Å². The molecule has 0 aromatic carbocycles. The lowest BCUT2D eigenvalue weighted by atomic mass is 10.1. The number of nitrogens with two attached hydrogens (primary N) is 1. The van der Waals surface area contributed by atoms with Crippen molar-refractivity contribution in [2.24, 2.45) is 5.73 Å². The second kappa shape index (κ2) is 10.1. The van der Waals surface area contributed by atoms with E-state index in [0.29, 0.717) is 13.0 Å². The van der Waals surface area contributed by atoms with Gasteiger partial charge in [0, 0.05) is 13.0 Å². The van der Waals surface area contributed by atoms with E-state index in [1.54, 1.807) is 0 Å². The molecule has 17 heavy (non-hydrogen) atoms. The molecule has 1 amide bonds. The summed E-state index contributed by atoms with van der Waals surface area (Å²) < 4.78 is 0. The third-order valence-electron chi connectivity index (χ3n) is 2.57. The van der Waals surface area contributed by atoms with E-state index >= 15 is 0 Å². The first-order valence-electron chi connectivity index (χ1n) is 6.33. The van der Waals surface area contributed by atoms with Gasteiger partial charge in [0.05, 0.1) is 6.04 Å². The molecule has 0 aliphatic carbocycles. The van der Waals surface area contributed by atoms with E-state index in [1.807, 2.05) is 0 Å². The average Bonchev–Trinajstić information content (AvgIpc) is 2.29. The minimum Gasteiger partial charge on any atom is -0.481 e. The molecule has 4 N–H and O–H groups in total. The highest BCUT2D eigenvalue weighted by Crippen LogP contribution is 2.00. The molecule has 5 heteroatoms. The topological polar surface area (TPSA) is 92.4 Å². The zero-order chi connectivity index (χ0) is 13.1. The smallest absolute Gasteiger partial charge is 0.303 e. The van der Waals surface area contributed by atoms with Gasteiger partial charge in [-0.1, -0.05) is 26.2 Å². The van der Waals surface area contributed by atoms with Gasteiger partial charge in [0.15, 0.2) is 0 Å². The predicted molar refractivity (Wildman–Crippen MR) is 66.6 cm³/mol. The Morgan fingerprint density at radius 1 is 1.24 bits per heavy atom. The van der Waals surface area contributed by atoms with Crippen molar-refractivity contribution < 1.29 is 14.7 Å². The van der Waals surface area contributed by atoms with E-state index in [9.17, 15) is 9.59 Å². The molecule has 0 aromatic heterocycles. The number of carboxylic acids is 1. The molecule has 0 aliphatic rings. The van der Waals surface area contributed by atoms with Crippen molar-refractivity contribution in [3.05, 3.63) is 0 Å². The number of hydrogen-bond acceptors (Lipinski definition) is 3. The van der Waals surface area contributed by atoms with Gasteiger partial charge in [0.25, 0.3) is 0 Å². The standard InChI is InChI=1S/C12H24N2O3/c1-2-3-7-10(13)12(17)14-9-6-4-5-8-11(15)16/h10H,2-9,13H2,1H3,(H,14,17)(H,15,16)/t10-/m0/s1. The van der Waals surface area contributed by atoms with Gasteiger partial charge in [0.1, 0.15) is 0 Å². The summed E-state index contributed by atoms with van der Waals surface area (Å²) in [6, 6.07) is -0.408. The summed E-state index contributed by atoms with van der Waals surface area (Å²) in [6.07, 6.45) is 5.21. The highest BCUT2D eigenvalue weighted by atomic mass is 16.4. The molecule has 0 heterocycles. The highest BCUT2D eigenvalue weighted by molar-refractivity contribution is 5.81. The van der Waals surface area contributed by atoms with Crippen LogP contribution in [-0.2, 0) is 9.59 Å². The molecule has 5 nitrogen and oxygen atoms in total. The van der Waals surface area contributed by atoms with Crippen LogP contribution in [0.25, 0.3) is 0 Å². The van der Waals surface area contributed by atoms with Crippen LogP contribution in [0.3, 0.4) is 0 Å². The fraction of sp³-hybridized carbons (Fsp3) is 0.833. The first-order valence-corrected chi connectivity index (χ1v) is 6.33. The van der Waals surface area contributed by atoms with Crippen LogP contribution in [0.4, 0.5) is 0 Å². The van der Waals surface area contributed by atoms with Crippen molar-refractivity contribution in [2.75, 3.05) is 6.54 Å². The molecule has 0 aliphatic heterocycles. The normalized spacial score (nSPS) is 12.1. The van der Waals surface area contributed by atoms with E-state index in [1.165, 1.54) is 0 Å². The fourth-order valence-corrected chi connectivity index (χ4v) is 1.48. The van der Waals surface area contributed by atoms with E-state index in [0.717, 1.165) is 32.1 Å². The third-order valence-corrected chi connectivity index (χ3v) is 2.57. The lowest BCUT2D eigenvalue weighted by Gasteiger charge is -2.11. The average molecular weight is 244 g/mol. The van der Waals surface area contributed by atoms with E-state index in [4.69, 9.17) is 10.8 Å². The Labute approximate surface area is 103 Å². The number of hydrogen-bond donors (Lipinski definition) is 3. The van der Waals surface area contributed by atoms with E-state index < -0.39 is 12.0 Å². The Balaban J connectivity index is 3.41. The van der Waals surface area contributed by atoms with Gasteiger partial charge >= 0.3 is 5.97 Å². The van der Waals surface area contributed by atoms with Crippen LogP contribution in [0.2, 0.25) is 0 Å². The lowest BCUT2D eigenvalue weighted by Crippen LogP contribution is -2.40. The van der Waals surface area contributed by atoms with Gasteiger partial charge in [-0.15, -0.1) is 0 Å². The fourth-order valence-electron chi connectivity index (χ4n) is 1.48. The van der Waals surface area contributed by atoms with Gasteiger partial charge < -0.3 is 16.2 Å². The Morgan fingerprint density at radius 3 is 2.53 bits per heavy atom. The van der Waals surface area contributed by atoms with Crippen molar-refractivity contribution >= 4 is 11.9 Å². The molecule has 0 spiro atoms. The molecule has 0 rings (SSSR count). The zero-order valence-electron chi connectivity index (χ0n) is 10.6. The molecule has 100 valence electrons. The largest absolute Gasteiger partial charge is 0.481 e. The Morgan fingerprint density at radius 2 is 1.94 bits per heavy atom. The number of unbranched alkanes of at least 4 members (excludes halogenated alkanes) is 3. The summed E-state index contributed by atoms with van der Waals surface area (Å²) in [4.78, 5) is 21.7. The van der Waals surface area contributed by atoms with Crippen LogP contribution in [0.5, 0.6) is 0 Å². The number of carbonyl (C=O) groups excluding carboxylic acids is 1. The van der Waals surface area contributed by atoms with Gasteiger partial charge in [-0.05, 0) is 19.3 Å². The van der Waals surface area contributed by atoms with Crippen LogP contribution in [0, 0.1) is 0 Å². The summed E-state index contributed by atoms with van der Waals surface area (Å²) in [5.74, 6) is -0.868. The highest BCUT2D eigenvalue weighted by Gasteiger charge is 2.11. The van der Waals surface area contributed by atoms with Crippen LogP contribution in [0.15, 0.2) is 0 Å². The van der Waals surface area contributed by atoms with Crippen molar-refractivity contribution in [2.45, 2.75) is 57.9 Å². The zero-order valence-corrected chi connectivity index (χ0v) is 10.6. The molecule has 0 aromatic rings. The first kappa shape index (κ1) is 15.9. The van der Waals surface area contributed by atoms with Crippen molar-refractivity contribution in [1.29, 1.82) is 0 Å². The maximum absolute atomic E-state index is 11.5. The Bertz CT molecular complexity index is 232. The first-order chi connectivity index (χ1) is 8.07. The van der Waals surface area contributed by atoms with Gasteiger partial charge in [-0.3, -0.25) is 9.59 Å². The SMILES string of the molecule is CCCC[C@H](N)C(=O)NCCCCCC(=O)O. The maximum atomic E-state index is 11.5. The lowest BCUT2D eigenvalue weighted by molar-refractivity contribution is -0.137. The minimum absolute atomic E-state index is 0.100. The number of carboxylic acid groups (broad SMARTS) is 1. The molecule has 0 saturated carbocycles. The molecule has 1 atom stereocenters. The molecular weight excluding hydrogens is 220 g/mol. The Hall–Kier alpha value is -1.10. The van der Waals surface area contributed by atoms with E-state index in [-0.39, 0.29) is 12.3 Å². The molecule has 0 bridgehead atoms. The molecule has 0 unspecified atom stereocenters. The second-order valence-electron chi connectivity index (χ2n) is 4.24. The Kier molecular flexibility index (Phi) is 9.43. The summed E-state index contributed by atoms with van der Waals surface area (Å²) in [6.45, 7) is 2.64. The molecule has 0 saturated heterocycles. The van der Waals surface area contributed by atoms with Crippen LogP contribution in [0.1, 0.15) is 51.9 Å². The number of nitrogens with one attached hydrogen (secondary N) is 1. The maximum Gasteiger partial charge on any atom is 0.303 e. The number of aliphatic carboxylic acids is 1. The van der Waals surface area contributed by atoms with Crippen molar-refractivity contribution in [3.63, 3.8) is 0 Å². The van der Waals surface area contributed by atoms with E-state index in [2.05, 4.69) is 12.2 Å². The van der Waals surface area contributed by atoms with Crippen molar-refractivity contribution in [1.82, 2.24) is 5.32 Å². The minimum atomic E-state index is -0.768. The number of carbonyl (C=O) groups is 2. The molecule has 0 fully saturated rings. The van der Waals surface area contributed by atoms with Crippen molar-refractivity contribution in [3.8, 4) is 0 Å². The quantitative estimate of drug-likeness (QED) is 0.504. The van der Waals surface area contributed by atoms with Crippen LogP contribution in [-0.4, -0.2) is 29.6 Å². The summed E-state index contributed by atoms with van der Waals surface area (Å²) in [5, 5.41) is 11.2. The number of amides is 1. The number of rotatable bonds is 10. The van der Waals surface area contributed by atoms with Gasteiger partial charge in [-0.2, -0.15) is 0 Å². The predicted octanol–water partition coefficient (Wildman–Crippen LogP) is 1.27. The molecular formula is C12H24N2O3. The summed E-state index contributed by atoms with van der Waals surface area (Å²) in [5.41, 5.74) is 5.69. The molecule has 0 radical (unpaired) electrons. The monoisotopic (exact) mass is 244 g/mol.